The van der Waals surface area contributed by atoms with Crippen LogP contribution >= 0.6 is 0 Å². The number of ether oxygens (including phenoxy) is 2. The molecule has 1 aliphatic heterocycles. The molecular weight excluding hydrogens is 270 g/mol. The van der Waals surface area contributed by atoms with Crippen LogP contribution < -0.4 is 4.74 Å². The number of phenolic OH excluding ortho intramolecular Hbond substituents is 1. The van der Waals surface area contributed by atoms with Crippen LogP contribution in [0.15, 0.2) is 12.1 Å². The number of hydrogen-bond donors (Lipinski definition) is 1. The summed E-state index contributed by atoms with van der Waals surface area (Å²) in [6.07, 6.45) is 1.12. The van der Waals surface area contributed by atoms with Crippen LogP contribution in [0.3, 0.4) is 0 Å². The zero-order chi connectivity index (χ0) is 15.6. The Morgan fingerprint density at radius 1 is 1.48 bits per heavy atom. The van der Waals surface area contributed by atoms with E-state index < -0.39 is 5.54 Å². The van der Waals surface area contributed by atoms with Crippen molar-refractivity contribution in [3.8, 4) is 11.5 Å². The van der Waals surface area contributed by atoms with Gasteiger partial charge in [-0.05, 0) is 50.6 Å². The van der Waals surface area contributed by atoms with Crippen LogP contribution in [0.5, 0.6) is 11.5 Å². The highest BCUT2D eigenvalue weighted by Gasteiger charge is 2.39. The molecule has 1 heterocycles. The van der Waals surface area contributed by atoms with Gasteiger partial charge in [-0.25, -0.2) is 0 Å². The van der Waals surface area contributed by atoms with Crippen LogP contribution in [-0.4, -0.2) is 43.3 Å². The molecule has 2 rings (SSSR count). The third kappa shape index (κ3) is 2.83. The average Bonchev–Trinajstić information content (AvgIpc) is 2.44. The first kappa shape index (κ1) is 15.6. The molecular formula is C16H23NO4. The van der Waals surface area contributed by atoms with Crippen LogP contribution in [0.2, 0.25) is 0 Å². The number of hydrogen-bond acceptors (Lipinski definition) is 5. The van der Waals surface area contributed by atoms with Gasteiger partial charge in [0.15, 0.2) is 11.5 Å². The molecule has 21 heavy (non-hydrogen) atoms. The summed E-state index contributed by atoms with van der Waals surface area (Å²) in [5, 5.41) is 10.1. The van der Waals surface area contributed by atoms with Gasteiger partial charge >= 0.3 is 5.97 Å². The van der Waals surface area contributed by atoms with Gasteiger partial charge < -0.3 is 14.6 Å². The van der Waals surface area contributed by atoms with Crippen molar-refractivity contribution in [2.24, 2.45) is 0 Å². The maximum Gasteiger partial charge on any atom is 0.307 e. The van der Waals surface area contributed by atoms with Crippen LogP contribution in [0.4, 0.5) is 0 Å². The quantitative estimate of drug-likeness (QED) is 0.861. The van der Waals surface area contributed by atoms with Crippen molar-refractivity contribution < 1.29 is 19.4 Å². The molecule has 0 radical (unpaired) electrons. The Morgan fingerprint density at radius 2 is 2.19 bits per heavy atom. The Kier molecular flexibility index (Phi) is 4.42. The predicted octanol–water partition coefficient (Wildman–Crippen LogP) is 2.06. The standard InChI is InChI=1S/C16H23NO4/c1-5-21-15(19)10-16(2)12-9-13(18)14(20-4)8-11(12)6-7-17(16)3/h8-9,18H,5-7,10H2,1-4H3. The summed E-state index contributed by atoms with van der Waals surface area (Å²) in [5.74, 6) is 0.341. The van der Waals surface area contributed by atoms with Gasteiger partial charge in [0.2, 0.25) is 0 Å². The van der Waals surface area contributed by atoms with Crippen LogP contribution in [-0.2, 0) is 21.5 Å². The number of esters is 1. The minimum Gasteiger partial charge on any atom is -0.504 e. The average molecular weight is 293 g/mol. The minimum atomic E-state index is -0.483. The normalized spacial score (nSPS) is 21.7. The first-order chi connectivity index (χ1) is 9.92. The molecule has 0 aromatic heterocycles. The molecule has 0 saturated carbocycles. The highest BCUT2D eigenvalue weighted by atomic mass is 16.5. The first-order valence-corrected chi connectivity index (χ1v) is 7.19. The molecule has 0 aliphatic carbocycles. The van der Waals surface area contributed by atoms with Gasteiger partial charge in [-0.3, -0.25) is 9.69 Å². The molecule has 1 atom stereocenters. The summed E-state index contributed by atoms with van der Waals surface area (Å²) < 4.78 is 10.3. The largest absolute Gasteiger partial charge is 0.504 e. The number of phenols is 1. The van der Waals surface area contributed by atoms with Crippen molar-refractivity contribution in [3.05, 3.63) is 23.3 Å². The van der Waals surface area contributed by atoms with Gasteiger partial charge in [-0.15, -0.1) is 0 Å². The van der Waals surface area contributed by atoms with Crippen molar-refractivity contribution in [1.82, 2.24) is 4.90 Å². The van der Waals surface area contributed by atoms with E-state index >= 15 is 0 Å². The van der Waals surface area contributed by atoms with Crippen molar-refractivity contribution in [2.45, 2.75) is 32.2 Å². The Hall–Kier alpha value is -1.75. The molecule has 116 valence electrons. The fourth-order valence-electron chi connectivity index (χ4n) is 2.95. The predicted molar refractivity (Wildman–Crippen MR) is 79.6 cm³/mol. The molecule has 0 spiro atoms. The highest BCUT2D eigenvalue weighted by molar-refractivity contribution is 5.72. The van der Waals surface area contributed by atoms with E-state index in [1.165, 1.54) is 7.11 Å². The van der Waals surface area contributed by atoms with E-state index in [2.05, 4.69) is 4.90 Å². The third-order valence-corrected chi connectivity index (χ3v) is 4.34. The summed E-state index contributed by atoms with van der Waals surface area (Å²) in [4.78, 5) is 14.1. The molecule has 0 amide bonds. The number of nitrogens with zero attached hydrogens (tertiary/aromatic N) is 1. The second-order valence-corrected chi connectivity index (χ2v) is 5.61. The zero-order valence-electron chi connectivity index (χ0n) is 13.1. The number of carbonyl (C=O) groups is 1. The maximum atomic E-state index is 11.9. The number of carbonyl (C=O) groups excluding carboxylic acids is 1. The Labute approximate surface area is 125 Å². The minimum absolute atomic E-state index is 0.0987. The molecule has 0 bridgehead atoms. The highest BCUT2D eigenvalue weighted by Crippen LogP contribution is 2.42. The summed E-state index contributed by atoms with van der Waals surface area (Å²) in [7, 11) is 3.53. The molecule has 1 aliphatic rings. The van der Waals surface area contributed by atoms with Crippen LogP contribution in [0, 0.1) is 0 Å². The molecule has 5 nitrogen and oxygen atoms in total. The van der Waals surface area contributed by atoms with Crippen molar-refractivity contribution in [3.63, 3.8) is 0 Å². The van der Waals surface area contributed by atoms with E-state index in [0.717, 1.165) is 24.1 Å². The molecule has 1 unspecified atom stereocenters. The van der Waals surface area contributed by atoms with E-state index in [-0.39, 0.29) is 18.1 Å². The third-order valence-electron chi connectivity index (χ3n) is 4.34. The zero-order valence-corrected chi connectivity index (χ0v) is 13.1. The fraction of sp³-hybridized carbons (Fsp3) is 0.562. The van der Waals surface area contributed by atoms with Crippen molar-refractivity contribution >= 4 is 5.97 Å². The summed E-state index contributed by atoms with van der Waals surface area (Å²) in [6, 6.07) is 3.57. The smallest absolute Gasteiger partial charge is 0.307 e. The number of aromatic hydroxyl groups is 1. The van der Waals surface area contributed by atoms with Gasteiger partial charge in [0.05, 0.1) is 25.7 Å². The Balaban J connectivity index is 2.43. The summed E-state index contributed by atoms with van der Waals surface area (Å²) in [6.45, 7) is 5.03. The van der Waals surface area contributed by atoms with Gasteiger partial charge in [-0.1, -0.05) is 0 Å². The Bertz CT molecular complexity index is 543. The van der Waals surface area contributed by atoms with E-state index in [4.69, 9.17) is 9.47 Å². The second kappa shape index (κ2) is 5.93. The van der Waals surface area contributed by atoms with Gasteiger partial charge in [0, 0.05) is 6.54 Å². The topological polar surface area (TPSA) is 59.0 Å². The maximum absolute atomic E-state index is 11.9. The monoisotopic (exact) mass is 293 g/mol. The lowest BCUT2D eigenvalue weighted by Gasteiger charge is -2.43. The lowest BCUT2D eigenvalue weighted by Crippen LogP contribution is -2.47. The lowest BCUT2D eigenvalue weighted by molar-refractivity contribution is -0.146. The summed E-state index contributed by atoms with van der Waals surface area (Å²) >= 11 is 0. The number of fused-ring (bicyclic) bond motifs is 1. The van der Waals surface area contributed by atoms with Gasteiger partial charge in [0.1, 0.15) is 0 Å². The number of likely N-dealkylation sites (N-methyl/N-ethyl adjacent to an activating group) is 1. The van der Waals surface area contributed by atoms with Crippen molar-refractivity contribution in [2.75, 3.05) is 27.3 Å². The molecule has 0 fully saturated rings. The number of methoxy groups -OCH3 is 1. The number of rotatable bonds is 4. The van der Waals surface area contributed by atoms with E-state index in [9.17, 15) is 9.90 Å². The fourth-order valence-corrected chi connectivity index (χ4v) is 2.95. The number of benzene rings is 1. The van der Waals surface area contributed by atoms with E-state index in [1.54, 1.807) is 13.0 Å². The van der Waals surface area contributed by atoms with Gasteiger partial charge in [0.25, 0.3) is 0 Å². The molecule has 1 N–H and O–H groups in total. The molecule has 0 saturated heterocycles. The lowest BCUT2D eigenvalue weighted by atomic mass is 9.79. The second-order valence-electron chi connectivity index (χ2n) is 5.61. The summed E-state index contributed by atoms with van der Waals surface area (Å²) in [5.41, 5.74) is 1.58. The van der Waals surface area contributed by atoms with Gasteiger partial charge in [-0.2, -0.15) is 0 Å². The van der Waals surface area contributed by atoms with E-state index in [0.29, 0.717) is 12.4 Å². The first-order valence-electron chi connectivity index (χ1n) is 7.19. The van der Waals surface area contributed by atoms with E-state index in [1.807, 2.05) is 20.0 Å². The molecule has 1 aromatic rings. The van der Waals surface area contributed by atoms with Crippen molar-refractivity contribution in [1.29, 1.82) is 0 Å². The molecule has 1 aromatic carbocycles. The SMILES string of the molecule is CCOC(=O)CC1(C)c2cc(O)c(OC)cc2CCN1C. The molecule has 5 heteroatoms. The van der Waals surface area contributed by atoms with Crippen LogP contribution in [0.1, 0.15) is 31.4 Å². The Morgan fingerprint density at radius 3 is 2.81 bits per heavy atom. The van der Waals surface area contributed by atoms with Crippen LogP contribution in [0.25, 0.3) is 0 Å².